The molecule has 0 radical (unpaired) electrons. The van der Waals surface area contributed by atoms with E-state index in [-0.39, 0.29) is 0 Å². The van der Waals surface area contributed by atoms with Crippen molar-refractivity contribution in [1.29, 1.82) is 0 Å². The summed E-state index contributed by atoms with van der Waals surface area (Å²) in [5, 5.41) is 3.70. The molecule has 0 aliphatic rings. The normalized spacial score (nSPS) is 11.3. The van der Waals surface area contributed by atoms with Crippen LogP contribution >= 0.6 is 0 Å². The number of nitrogens with zero attached hydrogens (tertiary/aromatic N) is 2. The molecule has 0 aliphatic heterocycles. The molecule has 0 saturated carbocycles. The smallest absolute Gasteiger partial charge is 0.145 e. The molecule has 0 atom stereocenters. The summed E-state index contributed by atoms with van der Waals surface area (Å²) in [7, 11) is 0. The van der Waals surface area contributed by atoms with Crippen LogP contribution in [0.1, 0.15) is 11.3 Å². The fourth-order valence-electron chi connectivity index (χ4n) is 3.08. The first-order valence-electron chi connectivity index (χ1n) is 7.18. The maximum Gasteiger partial charge on any atom is 0.145 e. The van der Waals surface area contributed by atoms with Crippen LogP contribution in [0.4, 0.5) is 0 Å². The highest BCUT2D eigenvalue weighted by Crippen LogP contribution is 2.30. The molecule has 4 rings (SSSR count). The van der Waals surface area contributed by atoms with Gasteiger partial charge in [-0.3, -0.25) is 4.57 Å². The monoisotopic (exact) mass is 272 g/mol. The molecule has 102 valence electrons. The summed E-state index contributed by atoms with van der Waals surface area (Å²) in [6, 6.07) is 19.0. The number of rotatable bonds is 1. The van der Waals surface area contributed by atoms with E-state index in [1.165, 1.54) is 32.9 Å². The fourth-order valence-corrected chi connectivity index (χ4v) is 3.08. The third-order valence-corrected chi connectivity index (χ3v) is 4.29. The number of aromatic nitrogens is 2. The lowest BCUT2D eigenvalue weighted by molar-refractivity contribution is 0.998. The summed E-state index contributed by atoms with van der Waals surface area (Å²) in [5.41, 5.74) is 3.79. The van der Waals surface area contributed by atoms with Gasteiger partial charge in [-0.25, -0.2) is 4.98 Å². The third kappa shape index (κ3) is 1.69. The summed E-state index contributed by atoms with van der Waals surface area (Å²) >= 11 is 0. The van der Waals surface area contributed by atoms with E-state index in [2.05, 4.69) is 78.0 Å². The molecule has 2 aromatic carbocycles. The van der Waals surface area contributed by atoms with Crippen LogP contribution in [0, 0.1) is 13.8 Å². The minimum atomic E-state index is 1.01. The van der Waals surface area contributed by atoms with Gasteiger partial charge in [0.1, 0.15) is 5.82 Å². The molecule has 0 fully saturated rings. The van der Waals surface area contributed by atoms with Crippen molar-refractivity contribution in [3.05, 3.63) is 72.1 Å². The zero-order valence-corrected chi connectivity index (χ0v) is 12.2. The Morgan fingerprint density at radius 3 is 2.38 bits per heavy atom. The van der Waals surface area contributed by atoms with Crippen LogP contribution in [0.25, 0.3) is 27.5 Å². The second-order valence-electron chi connectivity index (χ2n) is 5.42. The number of hydrogen-bond acceptors (Lipinski definition) is 1. The average molecular weight is 272 g/mol. The van der Waals surface area contributed by atoms with Crippen molar-refractivity contribution in [1.82, 2.24) is 9.55 Å². The molecule has 0 saturated heterocycles. The summed E-state index contributed by atoms with van der Waals surface area (Å²) in [5.74, 6) is 1.01. The molecular formula is C19H16N2. The predicted molar refractivity (Wildman–Crippen MR) is 88.1 cm³/mol. The Morgan fingerprint density at radius 2 is 1.52 bits per heavy atom. The molecule has 2 heterocycles. The van der Waals surface area contributed by atoms with Gasteiger partial charge in [0.25, 0.3) is 0 Å². The first kappa shape index (κ1) is 12.2. The molecule has 4 aromatic rings. The van der Waals surface area contributed by atoms with Crippen LogP contribution in [0.5, 0.6) is 0 Å². The third-order valence-electron chi connectivity index (χ3n) is 4.29. The number of fused-ring (bicyclic) bond motifs is 2. The Balaban J connectivity index is 2.17. The van der Waals surface area contributed by atoms with Gasteiger partial charge < -0.3 is 0 Å². The van der Waals surface area contributed by atoms with Gasteiger partial charge in [0.2, 0.25) is 0 Å². The standard InChI is InChI=1S/C19H16N2/c1-13-14(2)21(18-10-6-5-8-16(13)18)19-17-9-4-3-7-15(17)11-12-20-19/h3-12H,1-2H3. The van der Waals surface area contributed by atoms with Crippen molar-refractivity contribution >= 4 is 21.7 Å². The summed E-state index contributed by atoms with van der Waals surface area (Å²) in [6.45, 7) is 4.35. The molecule has 0 aliphatic carbocycles. The number of pyridine rings is 1. The highest BCUT2D eigenvalue weighted by Gasteiger charge is 2.14. The number of para-hydroxylation sites is 1. The summed E-state index contributed by atoms with van der Waals surface area (Å²) < 4.78 is 2.27. The average Bonchev–Trinajstić information content (AvgIpc) is 2.79. The molecule has 0 N–H and O–H groups in total. The van der Waals surface area contributed by atoms with Crippen LogP contribution in [0.3, 0.4) is 0 Å². The topological polar surface area (TPSA) is 17.8 Å². The van der Waals surface area contributed by atoms with E-state index >= 15 is 0 Å². The van der Waals surface area contributed by atoms with Gasteiger partial charge in [0.15, 0.2) is 0 Å². The van der Waals surface area contributed by atoms with Crippen LogP contribution in [-0.2, 0) is 0 Å². The zero-order valence-electron chi connectivity index (χ0n) is 12.2. The van der Waals surface area contributed by atoms with Crippen molar-refractivity contribution < 1.29 is 0 Å². The molecule has 0 bridgehead atoms. The van der Waals surface area contributed by atoms with E-state index in [9.17, 15) is 0 Å². The highest BCUT2D eigenvalue weighted by atomic mass is 15.1. The lowest BCUT2D eigenvalue weighted by atomic mass is 10.1. The largest absolute Gasteiger partial charge is 0.298 e. The van der Waals surface area contributed by atoms with E-state index in [0.717, 1.165) is 5.82 Å². The second-order valence-corrected chi connectivity index (χ2v) is 5.42. The van der Waals surface area contributed by atoms with Crippen molar-refractivity contribution in [3.8, 4) is 5.82 Å². The Morgan fingerprint density at radius 1 is 0.810 bits per heavy atom. The molecule has 2 heteroatoms. The SMILES string of the molecule is Cc1c(C)n(-c2nccc3ccccc23)c2ccccc12. The molecule has 0 unspecified atom stereocenters. The van der Waals surface area contributed by atoms with Crippen molar-refractivity contribution in [2.75, 3.05) is 0 Å². The molecule has 2 aromatic heterocycles. The van der Waals surface area contributed by atoms with Gasteiger partial charge in [0, 0.05) is 22.7 Å². The first-order chi connectivity index (χ1) is 10.3. The number of hydrogen-bond donors (Lipinski definition) is 0. The molecule has 21 heavy (non-hydrogen) atoms. The Labute approximate surface area is 123 Å². The van der Waals surface area contributed by atoms with Crippen LogP contribution < -0.4 is 0 Å². The van der Waals surface area contributed by atoms with Crippen molar-refractivity contribution in [3.63, 3.8) is 0 Å². The zero-order chi connectivity index (χ0) is 14.4. The van der Waals surface area contributed by atoms with Crippen LogP contribution in [-0.4, -0.2) is 9.55 Å². The molecular weight excluding hydrogens is 256 g/mol. The van der Waals surface area contributed by atoms with Crippen LogP contribution in [0.2, 0.25) is 0 Å². The van der Waals surface area contributed by atoms with Crippen molar-refractivity contribution in [2.24, 2.45) is 0 Å². The quantitative estimate of drug-likeness (QED) is 0.487. The molecule has 2 nitrogen and oxygen atoms in total. The first-order valence-corrected chi connectivity index (χ1v) is 7.18. The molecule has 0 spiro atoms. The second kappa shape index (κ2) is 4.45. The predicted octanol–water partition coefficient (Wildman–Crippen LogP) is 4.80. The minimum Gasteiger partial charge on any atom is -0.298 e. The Bertz CT molecular complexity index is 959. The fraction of sp³-hybridized carbons (Fsp3) is 0.105. The van der Waals surface area contributed by atoms with E-state index in [1.807, 2.05) is 6.20 Å². The lowest BCUT2D eigenvalue weighted by Crippen LogP contribution is -2.00. The molecule has 0 amide bonds. The summed E-state index contributed by atoms with van der Waals surface area (Å²) in [4.78, 5) is 4.66. The van der Waals surface area contributed by atoms with Crippen molar-refractivity contribution in [2.45, 2.75) is 13.8 Å². The van der Waals surface area contributed by atoms with Gasteiger partial charge >= 0.3 is 0 Å². The van der Waals surface area contributed by atoms with Gasteiger partial charge in [-0.05, 0) is 36.9 Å². The maximum atomic E-state index is 4.66. The van der Waals surface area contributed by atoms with E-state index in [1.54, 1.807) is 0 Å². The minimum absolute atomic E-state index is 1.01. The van der Waals surface area contributed by atoms with Gasteiger partial charge in [0.05, 0.1) is 5.52 Å². The highest BCUT2D eigenvalue weighted by molar-refractivity contribution is 5.93. The summed E-state index contributed by atoms with van der Waals surface area (Å²) in [6.07, 6.45) is 1.89. The number of aryl methyl sites for hydroxylation is 1. The number of benzene rings is 2. The van der Waals surface area contributed by atoms with Gasteiger partial charge in [-0.2, -0.15) is 0 Å². The Hall–Kier alpha value is -2.61. The van der Waals surface area contributed by atoms with E-state index in [0.29, 0.717) is 0 Å². The Kier molecular flexibility index (Phi) is 2.58. The maximum absolute atomic E-state index is 4.66. The van der Waals surface area contributed by atoms with E-state index in [4.69, 9.17) is 0 Å². The van der Waals surface area contributed by atoms with Gasteiger partial charge in [-0.15, -0.1) is 0 Å². The lowest BCUT2D eigenvalue weighted by Gasteiger charge is -2.10. The van der Waals surface area contributed by atoms with Gasteiger partial charge in [-0.1, -0.05) is 42.5 Å². The van der Waals surface area contributed by atoms with Crippen LogP contribution in [0.15, 0.2) is 60.8 Å². The van der Waals surface area contributed by atoms with E-state index < -0.39 is 0 Å².